The molecule has 4 rings (SSSR count). The zero-order valence-corrected chi connectivity index (χ0v) is 18.3. The molecule has 3 aromatic rings. The van der Waals surface area contributed by atoms with Gasteiger partial charge in [0, 0.05) is 16.5 Å². The van der Waals surface area contributed by atoms with E-state index in [9.17, 15) is 10.1 Å². The van der Waals surface area contributed by atoms with Crippen molar-refractivity contribution in [2.45, 2.75) is 10.8 Å². The second-order valence-electron chi connectivity index (χ2n) is 7.02. The van der Waals surface area contributed by atoms with Crippen LogP contribution in [0.5, 0.6) is 17.2 Å². The summed E-state index contributed by atoms with van der Waals surface area (Å²) in [6.07, 6.45) is 2.01. The molecule has 6 nitrogen and oxygen atoms in total. The summed E-state index contributed by atoms with van der Waals surface area (Å²) in [5, 5.41) is 9.71. The van der Waals surface area contributed by atoms with Crippen LogP contribution in [0.2, 0.25) is 0 Å². The predicted molar refractivity (Wildman–Crippen MR) is 122 cm³/mol. The standard InChI is InChI=1S/C25H20N2O4S/c1-29-17-5-3-4-16(12-17)25(28)30-18-8-11-20-22(13-18)31-24(27)21(14-26)23(20)15-6-9-19(32-2)10-7-15/h3-13,23H,27H2,1-2H3. The Labute approximate surface area is 190 Å². The average molecular weight is 445 g/mol. The Balaban J connectivity index is 1.66. The van der Waals surface area contributed by atoms with Crippen LogP contribution < -0.4 is 19.9 Å². The SMILES string of the molecule is COc1cccc(C(=O)Oc2ccc3c(c2)OC(N)=C(C#N)C3c2ccc(SC)cc2)c1. The Hall–Kier alpha value is -3.89. The number of esters is 1. The van der Waals surface area contributed by atoms with Gasteiger partial charge in [0.15, 0.2) is 0 Å². The van der Waals surface area contributed by atoms with Gasteiger partial charge in [-0.1, -0.05) is 24.3 Å². The molecule has 3 aromatic carbocycles. The highest BCUT2D eigenvalue weighted by molar-refractivity contribution is 7.98. The molecule has 160 valence electrons. The van der Waals surface area contributed by atoms with Crippen molar-refractivity contribution in [2.75, 3.05) is 13.4 Å². The van der Waals surface area contributed by atoms with E-state index in [-0.39, 0.29) is 11.8 Å². The Bertz CT molecular complexity index is 1250. The van der Waals surface area contributed by atoms with Crippen LogP contribution in [0.1, 0.15) is 27.4 Å². The van der Waals surface area contributed by atoms with Crippen LogP contribution in [0.25, 0.3) is 0 Å². The van der Waals surface area contributed by atoms with E-state index in [4.69, 9.17) is 19.9 Å². The average Bonchev–Trinajstić information content (AvgIpc) is 2.83. The molecule has 0 radical (unpaired) electrons. The number of hydrogen-bond acceptors (Lipinski definition) is 7. The first-order valence-electron chi connectivity index (χ1n) is 9.75. The van der Waals surface area contributed by atoms with Crippen molar-refractivity contribution in [1.29, 1.82) is 5.26 Å². The van der Waals surface area contributed by atoms with Gasteiger partial charge >= 0.3 is 5.97 Å². The number of nitriles is 1. The number of carbonyl (C=O) groups is 1. The number of thioether (sulfide) groups is 1. The van der Waals surface area contributed by atoms with Gasteiger partial charge in [-0.25, -0.2) is 4.79 Å². The number of methoxy groups -OCH3 is 1. The first kappa shape index (κ1) is 21.3. The van der Waals surface area contributed by atoms with Gasteiger partial charge in [-0.15, -0.1) is 11.8 Å². The van der Waals surface area contributed by atoms with Crippen LogP contribution in [0.15, 0.2) is 83.1 Å². The molecular formula is C25H20N2O4S. The van der Waals surface area contributed by atoms with Crippen LogP contribution >= 0.6 is 11.8 Å². The van der Waals surface area contributed by atoms with Gasteiger partial charge in [-0.3, -0.25) is 0 Å². The molecule has 0 aliphatic carbocycles. The molecule has 0 saturated heterocycles. The van der Waals surface area contributed by atoms with Crippen molar-refractivity contribution >= 4 is 17.7 Å². The maximum Gasteiger partial charge on any atom is 0.343 e. The summed E-state index contributed by atoms with van der Waals surface area (Å²) >= 11 is 1.64. The quantitative estimate of drug-likeness (QED) is 0.341. The molecular weight excluding hydrogens is 424 g/mol. The second-order valence-corrected chi connectivity index (χ2v) is 7.90. The fraction of sp³-hybridized carbons (Fsp3) is 0.120. The van der Waals surface area contributed by atoms with Crippen LogP contribution in [-0.2, 0) is 0 Å². The van der Waals surface area contributed by atoms with Gasteiger partial charge in [0.1, 0.15) is 28.9 Å². The number of nitrogens with zero attached hydrogens (tertiary/aromatic N) is 1. The lowest BCUT2D eigenvalue weighted by atomic mass is 9.83. The predicted octanol–water partition coefficient (Wildman–Crippen LogP) is 4.85. The molecule has 0 aromatic heterocycles. The topological polar surface area (TPSA) is 94.6 Å². The first-order valence-corrected chi connectivity index (χ1v) is 11.0. The maximum absolute atomic E-state index is 12.6. The van der Waals surface area contributed by atoms with Crippen LogP contribution in [-0.4, -0.2) is 19.3 Å². The lowest BCUT2D eigenvalue weighted by Gasteiger charge is -2.26. The lowest BCUT2D eigenvalue weighted by Crippen LogP contribution is -2.21. The van der Waals surface area contributed by atoms with E-state index in [1.54, 1.807) is 54.2 Å². The number of fused-ring (bicyclic) bond motifs is 1. The van der Waals surface area contributed by atoms with E-state index in [0.29, 0.717) is 28.4 Å². The van der Waals surface area contributed by atoms with E-state index in [1.807, 2.05) is 30.5 Å². The summed E-state index contributed by atoms with van der Waals surface area (Å²) < 4.78 is 16.4. The van der Waals surface area contributed by atoms with E-state index >= 15 is 0 Å². The number of ether oxygens (including phenoxy) is 3. The summed E-state index contributed by atoms with van der Waals surface area (Å²) in [6, 6.07) is 21.9. The summed E-state index contributed by atoms with van der Waals surface area (Å²) in [5.41, 5.74) is 8.47. The van der Waals surface area contributed by atoms with Gasteiger partial charge in [-0.2, -0.15) is 5.26 Å². The molecule has 0 spiro atoms. The molecule has 0 bridgehead atoms. The first-order chi connectivity index (χ1) is 15.5. The minimum atomic E-state index is -0.523. The fourth-order valence-electron chi connectivity index (χ4n) is 3.55. The summed E-state index contributed by atoms with van der Waals surface area (Å²) in [6.45, 7) is 0. The normalized spacial score (nSPS) is 14.7. The number of rotatable bonds is 5. The summed E-state index contributed by atoms with van der Waals surface area (Å²) in [5.74, 6) is 0.450. The number of allylic oxidation sites excluding steroid dienone is 1. The second kappa shape index (κ2) is 9.08. The third-order valence-corrected chi connectivity index (χ3v) is 5.90. The minimum Gasteiger partial charge on any atom is -0.497 e. The number of nitrogens with two attached hydrogens (primary N) is 1. The molecule has 0 fully saturated rings. The molecule has 1 atom stereocenters. The van der Waals surface area contributed by atoms with Crippen molar-refractivity contribution in [3.05, 3.63) is 94.9 Å². The third kappa shape index (κ3) is 4.13. The van der Waals surface area contributed by atoms with Crippen LogP contribution in [0.3, 0.4) is 0 Å². The third-order valence-electron chi connectivity index (χ3n) is 5.16. The zero-order valence-electron chi connectivity index (χ0n) is 17.5. The molecule has 0 saturated carbocycles. The highest BCUT2D eigenvalue weighted by Gasteiger charge is 2.31. The molecule has 32 heavy (non-hydrogen) atoms. The maximum atomic E-state index is 12.6. The van der Waals surface area contributed by atoms with Crippen molar-refractivity contribution in [3.63, 3.8) is 0 Å². The van der Waals surface area contributed by atoms with Crippen molar-refractivity contribution < 1.29 is 19.0 Å². The molecule has 1 aliphatic rings. The Morgan fingerprint density at radius 2 is 1.88 bits per heavy atom. The molecule has 7 heteroatoms. The highest BCUT2D eigenvalue weighted by atomic mass is 32.2. The van der Waals surface area contributed by atoms with Crippen molar-refractivity contribution in [3.8, 4) is 23.3 Å². The zero-order chi connectivity index (χ0) is 22.7. The van der Waals surface area contributed by atoms with E-state index < -0.39 is 5.97 Å². The fourth-order valence-corrected chi connectivity index (χ4v) is 3.96. The van der Waals surface area contributed by atoms with Crippen LogP contribution in [0.4, 0.5) is 0 Å². The van der Waals surface area contributed by atoms with Crippen molar-refractivity contribution in [2.24, 2.45) is 5.73 Å². The van der Waals surface area contributed by atoms with E-state index in [2.05, 4.69) is 6.07 Å². The molecule has 0 amide bonds. The largest absolute Gasteiger partial charge is 0.497 e. The van der Waals surface area contributed by atoms with Gasteiger partial charge in [0.05, 0.1) is 18.6 Å². The number of benzene rings is 3. The molecule has 2 N–H and O–H groups in total. The Kier molecular flexibility index (Phi) is 6.06. The number of carbonyl (C=O) groups excluding carboxylic acids is 1. The van der Waals surface area contributed by atoms with Gasteiger partial charge < -0.3 is 19.9 Å². The number of hydrogen-bond donors (Lipinski definition) is 1. The van der Waals surface area contributed by atoms with E-state index in [0.717, 1.165) is 16.0 Å². The van der Waals surface area contributed by atoms with Crippen molar-refractivity contribution in [1.82, 2.24) is 0 Å². The van der Waals surface area contributed by atoms with Gasteiger partial charge in [0.25, 0.3) is 0 Å². The summed E-state index contributed by atoms with van der Waals surface area (Å²) in [4.78, 5) is 13.7. The lowest BCUT2D eigenvalue weighted by molar-refractivity contribution is 0.0734. The molecule has 1 heterocycles. The van der Waals surface area contributed by atoms with Gasteiger partial charge in [0.2, 0.25) is 5.88 Å². The smallest absolute Gasteiger partial charge is 0.343 e. The summed E-state index contributed by atoms with van der Waals surface area (Å²) in [7, 11) is 1.53. The Morgan fingerprint density at radius 1 is 1.09 bits per heavy atom. The minimum absolute atomic E-state index is 0.0372. The van der Waals surface area contributed by atoms with Crippen LogP contribution in [0, 0.1) is 11.3 Å². The van der Waals surface area contributed by atoms with E-state index in [1.165, 1.54) is 7.11 Å². The van der Waals surface area contributed by atoms with Gasteiger partial charge in [-0.05, 0) is 48.2 Å². The highest BCUT2D eigenvalue weighted by Crippen LogP contribution is 2.43. The molecule has 1 aliphatic heterocycles. The Morgan fingerprint density at radius 3 is 2.56 bits per heavy atom. The molecule has 1 unspecified atom stereocenters. The monoisotopic (exact) mass is 444 g/mol.